The molecule has 0 aliphatic rings. The average Bonchev–Trinajstić information content (AvgIpc) is 2.14. The smallest absolute Gasteiger partial charge is 0.307 e. The second-order valence-corrected chi connectivity index (χ2v) is 3.21. The van der Waals surface area contributed by atoms with Crippen molar-refractivity contribution in [3.05, 3.63) is 0 Å². The fraction of sp³-hybridized carbons (Fsp3) is 0.900. The van der Waals surface area contributed by atoms with Gasteiger partial charge in [0.05, 0.1) is 19.6 Å². The summed E-state index contributed by atoms with van der Waals surface area (Å²) in [6.45, 7) is 7.78. The number of rotatable bonds is 7. The highest BCUT2D eigenvalue weighted by Crippen LogP contribution is 2.04. The molecule has 1 unspecified atom stereocenters. The molecule has 0 bridgehead atoms. The standard InChI is InChI=1S/C10H21NO3/c1-4-11(6-7-12)9(3)8-10(13)14-5-2/h9,12H,4-8H2,1-3H3. The molecular formula is C10H21NO3. The third kappa shape index (κ3) is 5.19. The SMILES string of the molecule is CCOC(=O)CC(C)N(CC)CCO. The minimum absolute atomic E-state index is 0.126. The van der Waals surface area contributed by atoms with Gasteiger partial charge in [-0.25, -0.2) is 0 Å². The molecule has 0 saturated carbocycles. The van der Waals surface area contributed by atoms with Crippen molar-refractivity contribution in [2.24, 2.45) is 0 Å². The van der Waals surface area contributed by atoms with E-state index in [1.54, 1.807) is 6.92 Å². The van der Waals surface area contributed by atoms with E-state index in [1.807, 2.05) is 13.8 Å². The van der Waals surface area contributed by atoms with E-state index in [0.717, 1.165) is 6.54 Å². The molecule has 0 fully saturated rings. The molecule has 0 aliphatic heterocycles. The topological polar surface area (TPSA) is 49.8 Å². The first-order valence-corrected chi connectivity index (χ1v) is 5.16. The van der Waals surface area contributed by atoms with Gasteiger partial charge in [0, 0.05) is 12.6 Å². The predicted molar refractivity (Wildman–Crippen MR) is 55.0 cm³/mol. The Kier molecular flexibility index (Phi) is 7.42. The first-order valence-electron chi connectivity index (χ1n) is 5.16. The van der Waals surface area contributed by atoms with Gasteiger partial charge >= 0.3 is 5.97 Å². The highest BCUT2D eigenvalue weighted by molar-refractivity contribution is 5.70. The molecule has 0 aromatic rings. The summed E-state index contributed by atoms with van der Waals surface area (Å²) in [4.78, 5) is 13.2. The molecule has 0 spiro atoms. The van der Waals surface area contributed by atoms with Crippen LogP contribution >= 0.6 is 0 Å². The molecule has 0 amide bonds. The Balaban J connectivity index is 3.89. The number of carbonyl (C=O) groups excluding carboxylic acids is 1. The summed E-state index contributed by atoms with van der Waals surface area (Å²) < 4.78 is 4.86. The van der Waals surface area contributed by atoms with E-state index < -0.39 is 0 Å². The molecule has 1 N–H and O–H groups in total. The van der Waals surface area contributed by atoms with Crippen molar-refractivity contribution < 1.29 is 14.6 Å². The highest BCUT2D eigenvalue weighted by atomic mass is 16.5. The number of hydrogen-bond acceptors (Lipinski definition) is 4. The summed E-state index contributed by atoms with van der Waals surface area (Å²) in [6, 6.07) is 0.131. The summed E-state index contributed by atoms with van der Waals surface area (Å²) in [5, 5.41) is 8.80. The van der Waals surface area contributed by atoms with Gasteiger partial charge in [0.2, 0.25) is 0 Å². The minimum Gasteiger partial charge on any atom is -0.466 e. The minimum atomic E-state index is -0.170. The molecule has 0 aromatic heterocycles. The van der Waals surface area contributed by atoms with Crippen LogP contribution in [0, 0.1) is 0 Å². The van der Waals surface area contributed by atoms with E-state index in [4.69, 9.17) is 9.84 Å². The number of aliphatic hydroxyl groups excluding tert-OH is 1. The highest BCUT2D eigenvalue weighted by Gasteiger charge is 2.15. The lowest BCUT2D eigenvalue weighted by Gasteiger charge is -2.26. The number of nitrogens with zero attached hydrogens (tertiary/aromatic N) is 1. The van der Waals surface area contributed by atoms with Gasteiger partial charge in [0.1, 0.15) is 0 Å². The summed E-state index contributed by atoms with van der Waals surface area (Å²) in [5.41, 5.74) is 0. The van der Waals surface area contributed by atoms with Gasteiger partial charge in [-0.05, 0) is 20.4 Å². The van der Waals surface area contributed by atoms with Gasteiger partial charge in [-0.3, -0.25) is 9.69 Å². The molecular weight excluding hydrogens is 182 g/mol. The average molecular weight is 203 g/mol. The monoisotopic (exact) mass is 203 g/mol. The number of esters is 1. The van der Waals surface area contributed by atoms with Crippen molar-refractivity contribution in [3.8, 4) is 0 Å². The maximum absolute atomic E-state index is 11.2. The van der Waals surface area contributed by atoms with Gasteiger partial charge in [-0.2, -0.15) is 0 Å². The van der Waals surface area contributed by atoms with Crippen molar-refractivity contribution >= 4 is 5.97 Å². The zero-order valence-corrected chi connectivity index (χ0v) is 9.32. The Morgan fingerprint density at radius 3 is 2.57 bits per heavy atom. The maximum atomic E-state index is 11.2. The van der Waals surface area contributed by atoms with Crippen molar-refractivity contribution in [1.29, 1.82) is 0 Å². The van der Waals surface area contributed by atoms with Crippen LogP contribution in [0.25, 0.3) is 0 Å². The molecule has 14 heavy (non-hydrogen) atoms. The third-order valence-electron chi connectivity index (χ3n) is 2.18. The van der Waals surface area contributed by atoms with Crippen LogP contribution in [0.1, 0.15) is 27.2 Å². The van der Waals surface area contributed by atoms with Crippen LogP contribution in [0.3, 0.4) is 0 Å². The van der Waals surface area contributed by atoms with E-state index >= 15 is 0 Å². The molecule has 4 nitrogen and oxygen atoms in total. The van der Waals surface area contributed by atoms with E-state index in [0.29, 0.717) is 19.6 Å². The Labute approximate surface area is 85.9 Å². The first kappa shape index (κ1) is 13.4. The number of ether oxygens (including phenoxy) is 1. The van der Waals surface area contributed by atoms with E-state index in [1.165, 1.54) is 0 Å². The molecule has 4 heteroatoms. The van der Waals surface area contributed by atoms with Crippen molar-refractivity contribution in [3.63, 3.8) is 0 Å². The van der Waals surface area contributed by atoms with Gasteiger partial charge in [-0.1, -0.05) is 6.92 Å². The lowest BCUT2D eigenvalue weighted by atomic mass is 10.2. The van der Waals surface area contributed by atoms with E-state index in [9.17, 15) is 4.79 Å². The largest absolute Gasteiger partial charge is 0.466 e. The number of carbonyl (C=O) groups is 1. The van der Waals surface area contributed by atoms with Gasteiger partial charge in [0.15, 0.2) is 0 Å². The fourth-order valence-electron chi connectivity index (χ4n) is 1.41. The Bertz CT molecular complexity index is 161. The lowest BCUT2D eigenvalue weighted by molar-refractivity contribution is -0.144. The predicted octanol–water partition coefficient (Wildman–Crippen LogP) is 0.642. The fourth-order valence-corrected chi connectivity index (χ4v) is 1.41. The number of aliphatic hydroxyl groups is 1. The molecule has 1 atom stereocenters. The van der Waals surface area contributed by atoms with Crippen molar-refractivity contribution in [2.75, 3.05) is 26.3 Å². The second kappa shape index (κ2) is 7.76. The van der Waals surface area contributed by atoms with Crippen LogP contribution in [-0.2, 0) is 9.53 Å². The number of hydrogen-bond donors (Lipinski definition) is 1. The zero-order valence-electron chi connectivity index (χ0n) is 9.32. The van der Waals surface area contributed by atoms with Crippen LogP contribution in [0.2, 0.25) is 0 Å². The summed E-state index contributed by atoms with van der Waals surface area (Å²) in [6.07, 6.45) is 0.391. The van der Waals surface area contributed by atoms with Gasteiger partial charge in [0.25, 0.3) is 0 Å². The van der Waals surface area contributed by atoms with Crippen LogP contribution in [-0.4, -0.2) is 48.3 Å². The van der Waals surface area contributed by atoms with Crippen LogP contribution in [0.15, 0.2) is 0 Å². The van der Waals surface area contributed by atoms with Crippen LogP contribution in [0.5, 0.6) is 0 Å². The second-order valence-electron chi connectivity index (χ2n) is 3.21. The van der Waals surface area contributed by atoms with Crippen molar-refractivity contribution in [2.45, 2.75) is 33.2 Å². The molecule has 0 saturated heterocycles. The van der Waals surface area contributed by atoms with Crippen LogP contribution < -0.4 is 0 Å². The molecule has 0 aliphatic carbocycles. The summed E-state index contributed by atoms with van der Waals surface area (Å²) in [7, 11) is 0. The van der Waals surface area contributed by atoms with E-state index in [2.05, 4.69) is 4.90 Å². The maximum Gasteiger partial charge on any atom is 0.307 e. The zero-order chi connectivity index (χ0) is 11.0. The third-order valence-corrected chi connectivity index (χ3v) is 2.18. The lowest BCUT2D eigenvalue weighted by Crippen LogP contribution is -2.37. The summed E-state index contributed by atoms with van der Waals surface area (Å²) >= 11 is 0. The molecule has 84 valence electrons. The molecule has 0 heterocycles. The van der Waals surface area contributed by atoms with E-state index in [-0.39, 0.29) is 18.6 Å². The van der Waals surface area contributed by atoms with Gasteiger partial charge < -0.3 is 9.84 Å². The Morgan fingerprint density at radius 1 is 1.50 bits per heavy atom. The summed E-state index contributed by atoms with van der Waals surface area (Å²) in [5.74, 6) is -0.170. The van der Waals surface area contributed by atoms with Gasteiger partial charge in [-0.15, -0.1) is 0 Å². The molecule has 0 radical (unpaired) electrons. The van der Waals surface area contributed by atoms with Crippen molar-refractivity contribution in [1.82, 2.24) is 4.90 Å². The Hall–Kier alpha value is -0.610. The Morgan fingerprint density at radius 2 is 2.14 bits per heavy atom. The first-order chi connectivity index (χ1) is 6.65. The van der Waals surface area contributed by atoms with Crippen LogP contribution in [0.4, 0.5) is 0 Å². The molecule has 0 aromatic carbocycles. The quantitative estimate of drug-likeness (QED) is 0.617. The normalized spacial score (nSPS) is 12.9. The molecule has 0 rings (SSSR count). The number of likely N-dealkylation sites (N-methyl/N-ethyl adjacent to an activating group) is 1.